The molecule has 1 aromatic heterocycles. The quantitative estimate of drug-likeness (QED) is 0.865. The zero-order chi connectivity index (χ0) is 13.8. The molecule has 0 saturated heterocycles. The van der Waals surface area contributed by atoms with E-state index in [0.29, 0.717) is 5.92 Å². The van der Waals surface area contributed by atoms with Gasteiger partial charge in [0.15, 0.2) is 0 Å². The minimum atomic E-state index is 0.657. The van der Waals surface area contributed by atoms with Crippen molar-refractivity contribution in [2.24, 2.45) is 18.7 Å². The zero-order valence-corrected chi connectivity index (χ0v) is 12.3. The minimum absolute atomic E-state index is 0.657. The first-order chi connectivity index (χ1) is 9.11. The van der Waals surface area contributed by atoms with Crippen molar-refractivity contribution < 1.29 is 0 Å². The van der Waals surface area contributed by atoms with Crippen LogP contribution in [0.25, 0.3) is 10.9 Å². The van der Waals surface area contributed by atoms with Crippen LogP contribution in [0.4, 0.5) is 0 Å². The van der Waals surface area contributed by atoms with Gasteiger partial charge in [-0.3, -0.25) is 0 Å². The van der Waals surface area contributed by atoms with Gasteiger partial charge in [-0.05, 0) is 37.6 Å². The lowest BCUT2D eigenvalue weighted by molar-refractivity contribution is 0.273. The summed E-state index contributed by atoms with van der Waals surface area (Å²) in [5, 5.41) is 1.36. The van der Waals surface area contributed by atoms with Gasteiger partial charge in [0.05, 0.1) is 0 Å². The smallest absolute Gasteiger partial charge is 0.0481 e. The third-order valence-electron chi connectivity index (χ3n) is 3.70. The third kappa shape index (κ3) is 3.37. The molecule has 1 aromatic carbocycles. The highest BCUT2D eigenvalue weighted by Crippen LogP contribution is 2.21. The monoisotopic (exact) mass is 259 g/mol. The average molecular weight is 259 g/mol. The number of nitrogens with two attached hydrogens (primary N) is 1. The van der Waals surface area contributed by atoms with Crippen molar-refractivity contribution in [1.29, 1.82) is 0 Å². The lowest BCUT2D eigenvalue weighted by Gasteiger charge is -2.20. The number of fused-ring (bicyclic) bond motifs is 1. The topological polar surface area (TPSA) is 34.2 Å². The van der Waals surface area contributed by atoms with Crippen molar-refractivity contribution in [2.45, 2.75) is 19.9 Å². The molecule has 1 unspecified atom stereocenters. The molecular formula is C16H25N3. The Kier molecular flexibility index (Phi) is 4.61. The maximum atomic E-state index is 5.61. The van der Waals surface area contributed by atoms with E-state index in [9.17, 15) is 0 Å². The van der Waals surface area contributed by atoms with Crippen LogP contribution < -0.4 is 5.73 Å². The largest absolute Gasteiger partial charge is 0.350 e. The van der Waals surface area contributed by atoms with Crippen LogP contribution in [0.15, 0.2) is 30.5 Å². The molecule has 3 nitrogen and oxygen atoms in total. The molecule has 0 bridgehead atoms. The van der Waals surface area contributed by atoms with E-state index in [1.165, 1.54) is 16.5 Å². The molecule has 0 amide bonds. The Morgan fingerprint density at radius 1 is 1.32 bits per heavy atom. The van der Waals surface area contributed by atoms with Crippen LogP contribution in [0.2, 0.25) is 0 Å². The van der Waals surface area contributed by atoms with Gasteiger partial charge >= 0.3 is 0 Å². The Morgan fingerprint density at radius 2 is 2.05 bits per heavy atom. The van der Waals surface area contributed by atoms with Crippen molar-refractivity contribution in [1.82, 2.24) is 9.47 Å². The van der Waals surface area contributed by atoms with E-state index in [-0.39, 0.29) is 0 Å². The van der Waals surface area contributed by atoms with Gasteiger partial charge in [-0.1, -0.05) is 25.1 Å². The second-order valence-electron chi connectivity index (χ2n) is 5.66. The van der Waals surface area contributed by atoms with Crippen LogP contribution in [-0.4, -0.2) is 29.6 Å². The molecule has 0 aliphatic heterocycles. The minimum Gasteiger partial charge on any atom is -0.350 e. The highest BCUT2D eigenvalue weighted by Gasteiger charge is 2.10. The highest BCUT2D eigenvalue weighted by atomic mass is 15.1. The number of para-hydroxylation sites is 1. The number of nitrogens with zero attached hydrogens (tertiary/aromatic N) is 2. The number of benzene rings is 1. The first-order valence-electron chi connectivity index (χ1n) is 7.03. The van der Waals surface area contributed by atoms with Gasteiger partial charge in [0.1, 0.15) is 0 Å². The molecule has 104 valence electrons. The lowest BCUT2D eigenvalue weighted by atomic mass is 10.1. The molecule has 2 aromatic rings. The molecular weight excluding hydrogens is 234 g/mol. The first-order valence-corrected chi connectivity index (χ1v) is 7.03. The van der Waals surface area contributed by atoms with Crippen LogP contribution in [0, 0.1) is 5.92 Å². The maximum absolute atomic E-state index is 5.61. The van der Waals surface area contributed by atoms with Crippen LogP contribution in [0.5, 0.6) is 0 Å². The molecule has 3 heteroatoms. The first kappa shape index (κ1) is 14.1. The Morgan fingerprint density at radius 3 is 2.79 bits per heavy atom. The Labute approximate surface area is 116 Å². The predicted molar refractivity (Wildman–Crippen MR) is 82.1 cm³/mol. The number of rotatable bonds is 6. The van der Waals surface area contributed by atoms with Gasteiger partial charge in [0, 0.05) is 37.2 Å². The van der Waals surface area contributed by atoms with E-state index in [0.717, 1.165) is 26.1 Å². The van der Waals surface area contributed by atoms with Crippen molar-refractivity contribution in [3.8, 4) is 0 Å². The van der Waals surface area contributed by atoms with Gasteiger partial charge in [-0.25, -0.2) is 0 Å². The summed E-state index contributed by atoms with van der Waals surface area (Å²) in [4.78, 5) is 2.39. The van der Waals surface area contributed by atoms with Crippen LogP contribution in [0.1, 0.15) is 18.9 Å². The van der Waals surface area contributed by atoms with Crippen LogP contribution in [0.3, 0.4) is 0 Å². The summed E-state index contributed by atoms with van der Waals surface area (Å²) in [6.07, 6.45) is 3.34. The van der Waals surface area contributed by atoms with Crippen molar-refractivity contribution in [2.75, 3.05) is 20.1 Å². The molecule has 0 radical (unpaired) electrons. The van der Waals surface area contributed by atoms with E-state index in [1.807, 2.05) is 0 Å². The number of hydrogen-bond acceptors (Lipinski definition) is 2. The maximum Gasteiger partial charge on any atom is 0.0481 e. The normalized spacial score (nSPS) is 13.3. The van der Waals surface area contributed by atoms with Gasteiger partial charge < -0.3 is 15.2 Å². The van der Waals surface area contributed by atoms with Gasteiger partial charge in [-0.2, -0.15) is 0 Å². The van der Waals surface area contributed by atoms with Crippen LogP contribution >= 0.6 is 0 Å². The fourth-order valence-corrected chi connectivity index (χ4v) is 2.81. The van der Waals surface area contributed by atoms with E-state index < -0.39 is 0 Å². The molecule has 1 atom stereocenters. The summed E-state index contributed by atoms with van der Waals surface area (Å²) in [5.74, 6) is 0.657. The predicted octanol–water partition coefficient (Wildman–Crippen LogP) is 2.59. The average Bonchev–Trinajstić information content (AvgIpc) is 2.67. The van der Waals surface area contributed by atoms with Crippen molar-refractivity contribution in [3.63, 3.8) is 0 Å². The fourth-order valence-electron chi connectivity index (χ4n) is 2.81. The highest BCUT2D eigenvalue weighted by molar-refractivity contribution is 5.83. The summed E-state index contributed by atoms with van der Waals surface area (Å²) >= 11 is 0. The summed E-state index contributed by atoms with van der Waals surface area (Å²) in [5.41, 5.74) is 8.32. The molecule has 2 N–H and O–H groups in total. The number of hydrogen-bond donors (Lipinski definition) is 1. The van der Waals surface area contributed by atoms with E-state index in [1.54, 1.807) is 0 Å². The van der Waals surface area contributed by atoms with E-state index in [4.69, 9.17) is 5.73 Å². The van der Waals surface area contributed by atoms with E-state index >= 15 is 0 Å². The summed E-state index contributed by atoms with van der Waals surface area (Å²) in [7, 11) is 4.30. The standard InChI is InChI=1S/C16H25N3/c1-13(8-9-17)10-18(2)11-14-12-19(3)16-7-5-4-6-15(14)16/h4-7,12-13H,8-11,17H2,1-3H3. The number of aryl methyl sites for hydroxylation is 1. The fraction of sp³-hybridized carbons (Fsp3) is 0.500. The molecule has 19 heavy (non-hydrogen) atoms. The van der Waals surface area contributed by atoms with E-state index in [2.05, 4.69) is 60.9 Å². The van der Waals surface area contributed by atoms with Gasteiger partial charge in [0.25, 0.3) is 0 Å². The Balaban J connectivity index is 2.09. The lowest BCUT2D eigenvalue weighted by Crippen LogP contribution is -2.25. The Hall–Kier alpha value is -1.32. The molecule has 0 saturated carbocycles. The molecule has 0 spiro atoms. The van der Waals surface area contributed by atoms with Gasteiger partial charge in [0.2, 0.25) is 0 Å². The molecule has 0 aliphatic carbocycles. The molecule has 0 fully saturated rings. The molecule has 0 aliphatic rings. The van der Waals surface area contributed by atoms with Crippen molar-refractivity contribution >= 4 is 10.9 Å². The summed E-state index contributed by atoms with van der Waals surface area (Å²) in [6, 6.07) is 8.60. The van der Waals surface area contributed by atoms with Crippen molar-refractivity contribution in [3.05, 3.63) is 36.0 Å². The second kappa shape index (κ2) is 6.22. The SMILES string of the molecule is CC(CCN)CN(C)Cc1cn(C)c2ccccc12. The third-order valence-corrected chi connectivity index (χ3v) is 3.70. The van der Waals surface area contributed by atoms with Gasteiger partial charge in [-0.15, -0.1) is 0 Å². The Bertz CT molecular complexity index is 530. The second-order valence-corrected chi connectivity index (χ2v) is 5.66. The zero-order valence-electron chi connectivity index (χ0n) is 12.3. The molecule has 1 heterocycles. The summed E-state index contributed by atoms with van der Waals surface area (Å²) < 4.78 is 2.21. The number of aromatic nitrogens is 1. The van der Waals surface area contributed by atoms with Crippen LogP contribution in [-0.2, 0) is 13.6 Å². The molecule has 2 rings (SSSR count). The summed E-state index contributed by atoms with van der Waals surface area (Å²) in [6.45, 7) is 5.15.